The molecule has 4 rings (SSSR count). The molecule has 10 nitrogen and oxygen atoms in total. The van der Waals surface area contributed by atoms with Crippen LogP contribution in [0.25, 0.3) is 11.1 Å². The molecule has 1 heterocycles. The molecule has 0 atom stereocenters. The first kappa shape index (κ1) is 25.0. The van der Waals surface area contributed by atoms with Gasteiger partial charge >= 0.3 is 5.97 Å². The number of carboxylic acids is 1. The van der Waals surface area contributed by atoms with Crippen molar-refractivity contribution in [1.82, 2.24) is 9.97 Å². The van der Waals surface area contributed by atoms with Crippen molar-refractivity contribution in [2.75, 3.05) is 31.0 Å². The van der Waals surface area contributed by atoms with Crippen molar-refractivity contribution >= 4 is 29.3 Å². The van der Waals surface area contributed by atoms with Crippen LogP contribution in [0.5, 0.6) is 11.5 Å². The number of benzene rings is 3. The van der Waals surface area contributed by atoms with Gasteiger partial charge in [0.05, 0.1) is 19.8 Å². The van der Waals surface area contributed by atoms with Gasteiger partial charge in [0.25, 0.3) is 5.91 Å². The molecule has 1 aromatic heterocycles. The number of hydrogen-bond donors (Lipinski definition) is 4. The average molecular weight is 500 g/mol. The summed E-state index contributed by atoms with van der Waals surface area (Å²) in [5, 5.41) is 11.9. The fourth-order valence-electron chi connectivity index (χ4n) is 3.86. The Morgan fingerprint density at radius 1 is 0.973 bits per heavy atom. The molecule has 0 aliphatic heterocycles. The van der Waals surface area contributed by atoms with Gasteiger partial charge < -0.3 is 31.4 Å². The lowest BCUT2D eigenvalue weighted by Crippen LogP contribution is -2.12. The maximum atomic E-state index is 12.7. The van der Waals surface area contributed by atoms with Gasteiger partial charge in [0.2, 0.25) is 5.95 Å². The summed E-state index contributed by atoms with van der Waals surface area (Å²) in [7, 11) is 3.11. The number of carboxylic acid groups (broad SMARTS) is 1. The van der Waals surface area contributed by atoms with Crippen LogP contribution in [0.15, 0.2) is 66.9 Å². The number of methoxy groups -OCH3 is 2. The van der Waals surface area contributed by atoms with Crippen molar-refractivity contribution in [3.05, 3.63) is 89.1 Å². The minimum Gasteiger partial charge on any atom is -0.493 e. The number of anilines is 3. The number of ether oxygens (including phenoxy) is 2. The highest BCUT2D eigenvalue weighted by molar-refractivity contribution is 6.05. The van der Waals surface area contributed by atoms with Crippen LogP contribution in [-0.4, -0.2) is 41.2 Å². The predicted molar refractivity (Wildman–Crippen MR) is 140 cm³/mol. The Balaban J connectivity index is 1.66. The van der Waals surface area contributed by atoms with Gasteiger partial charge in [-0.2, -0.15) is 4.98 Å². The highest BCUT2D eigenvalue weighted by atomic mass is 16.5. The van der Waals surface area contributed by atoms with Crippen molar-refractivity contribution in [3.63, 3.8) is 0 Å². The molecule has 0 radical (unpaired) electrons. The van der Waals surface area contributed by atoms with E-state index in [0.29, 0.717) is 40.6 Å². The van der Waals surface area contributed by atoms with E-state index in [4.69, 9.17) is 26.0 Å². The van der Waals surface area contributed by atoms with Gasteiger partial charge in [-0.15, -0.1) is 0 Å². The molecule has 0 aliphatic carbocycles. The number of rotatable bonds is 8. The van der Waals surface area contributed by atoms with Crippen LogP contribution in [0, 0.1) is 0 Å². The number of carbonyl (C=O) groups excluding carboxylic acids is 1. The van der Waals surface area contributed by atoms with Crippen molar-refractivity contribution in [3.8, 4) is 22.6 Å². The minimum absolute atomic E-state index is 0.103. The Morgan fingerprint density at radius 2 is 1.70 bits per heavy atom. The summed E-state index contributed by atoms with van der Waals surface area (Å²) in [6.07, 6.45) is 2.02. The second-order valence-corrected chi connectivity index (χ2v) is 8.11. The van der Waals surface area contributed by atoms with Crippen LogP contribution in [-0.2, 0) is 6.42 Å². The van der Waals surface area contributed by atoms with E-state index in [1.807, 2.05) is 30.3 Å². The van der Waals surface area contributed by atoms with Gasteiger partial charge in [0.15, 0.2) is 11.5 Å². The second kappa shape index (κ2) is 10.6. The highest BCUT2D eigenvalue weighted by Gasteiger charge is 2.17. The number of aromatic carboxylic acids is 1. The Morgan fingerprint density at radius 3 is 2.35 bits per heavy atom. The Labute approximate surface area is 212 Å². The van der Waals surface area contributed by atoms with Gasteiger partial charge in [-0.25, -0.2) is 9.78 Å². The van der Waals surface area contributed by atoms with Gasteiger partial charge in [0.1, 0.15) is 5.82 Å². The first-order valence-corrected chi connectivity index (χ1v) is 11.2. The zero-order valence-corrected chi connectivity index (χ0v) is 20.2. The van der Waals surface area contributed by atoms with Crippen molar-refractivity contribution in [2.24, 2.45) is 0 Å². The van der Waals surface area contributed by atoms with E-state index in [1.165, 1.54) is 24.3 Å². The molecular formula is C27H25N5O5. The maximum Gasteiger partial charge on any atom is 0.335 e. The predicted octanol–water partition coefficient (Wildman–Crippen LogP) is 3.87. The molecule has 1 amide bonds. The van der Waals surface area contributed by atoms with Gasteiger partial charge in [-0.3, -0.25) is 4.79 Å². The monoisotopic (exact) mass is 499 g/mol. The summed E-state index contributed by atoms with van der Waals surface area (Å²) < 4.78 is 11.2. The van der Waals surface area contributed by atoms with E-state index in [2.05, 4.69) is 15.3 Å². The Kier molecular flexibility index (Phi) is 7.19. The van der Waals surface area contributed by atoms with Crippen LogP contribution >= 0.6 is 0 Å². The fraction of sp³-hybridized carbons (Fsp3) is 0.111. The van der Waals surface area contributed by atoms with Crippen LogP contribution in [0.2, 0.25) is 0 Å². The second-order valence-electron chi connectivity index (χ2n) is 8.11. The summed E-state index contributed by atoms with van der Waals surface area (Å²) in [6, 6.07) is 16.8. The van der Waals surface area contributed by atoms with E-state index in [0.717, 1.165) is 16.7 Å². The highest BCUT2D eigenvalue weighted by Crippen LogP contribution is 2.40. The van der Waals surface area contributed by atoms with E-state index in [-0.39, 0.29) is 17.4 Å². The summed E-state index contributed by atoms with van der Waals surface area (Å²) in [5.41, 5.74) is 15.7. The van der Waals surface area contributed by atoms with E-state index in [9.17, 15) is 9.59 Å². The molecule has 0 bridgehead atoms. The van der Waals surface area contributed by atoms with E-state index in [1.54, 1.807) is 26.5 Å². The molecule has 0 unspecified atom stereocenters. The summed E-state index contributed by atoms with van der Waals surface area (Å²) in [5.74, 6) is 0.0263. The molecule has 4 aromatic rings. The van der Waals surface area contributed by atoms with E-state index >= 15 is 0 Å². The lowest BCUT2D eigenvalue weighted by Gasteiger charge is -2.16. The molecule has 37 heavy (non-hydrogen) atoms. The first-order chi connectivity index (χ1) is 17.8. The third-order valence-electron chi connectivity index (χ3n) is 5.68. The standard InChI is InChI=1S/C27H25N5O5/c1-36-22-12-15(10-19-14-30-27(29)32-24(19)28)11-21(23(22)37-2)18-4-3-5-20(13-18)31-25(33)16-6-8-17(9-7-16)26(34)35/h3-9,11-14H,10H2,1-2H3,(H,31,33)(H,34,35)(H4,28,29,30,32). The van der Waals surface area contributed by atoms with Crippen LogP contribution < -0.4 is 26.3 Å². The van der Waals surface area contributed by atoms with E-state index < -0.39 is 5.97 Å². The maximum absolute atomic E-state index is 12.7. The van der Waals surface area contributed by atoms with Crippen LogP contribution in [0.4, 0.5) is 17.5 Å². The summed E-state index contributed by atoms with van der Waals surface area (Å²) in [4.78, 5) is 31.9. The molecule has 6 N–H and O–H groups in total. The average Bonchev–Trinajstić information content (AvgIpc) is 2.90. The SMILES string of the molecule is COc1cc(Cc2cnc(N)nc2N)cc(-c2cccc(NC(=O)c3ccc(C(=O)O)cc3)c2)c1OC. The Hall–Kier alpha value is -5.12. The minimum atomic E-state index is -1.06. The zero-order chi connectivity index (χ0) is 26.5. The van der Waals surface area contributed by atoms with Crippen molar-refractivity contribution in [1.29, 1.82) is 0 Å². The first-order valence-electron chi connectivity index (χ1n) is 11.2. The quantitative estimate of drug-likeness (QED) is 0.282. The molecule has 3 aromatic carbocycles. The van der Waals surface area contributed by atoms with Gasteiger partial charge in [-0.1, -0.05) is 12.1 Å². The molecule has 0 fully saturated rings. The van der Waals surface area contributed by atoms with Crippen molar-refractivity contribution < 1.29 is 24.2 Å². The molecular weight excluding hydrogens is 474 g/mol. The molecule has 10 heteroatoms. The molecule has 188 valence electrons. The van der Waals surface area contributed by atoms with Crippen LogP contribution in [0.1, 0.15) is 31.8 Å². The number of aromatic nitrogens is 2. The lowest BCUT2D eigenvalue weighted by molar-refractivity contribution is 0.0696. The largest absolute Gasteiger partial charge is 0.493 e. The number of nitrogens with two attached hydrogens (primary N) is 2. The number of amides is 1. The number of hydrogen-bond acceptors (Lipinski definition) is 8. The number of carbonyl (C=O) groups is 2. The Bertz CT molecular complexity index is 1470. The molecule has 0 spiro atoms. The molecule has 0 saturated carbocycles. The number of nitrogen functional groups attached to an aromatic ring is 2. The molecule has 0 aliphatic rings. The third kappa shape index (κ3) is 5.59. The third-order valence-corrected chi connectivity index (χ3v) is 5.68. The lowest BCUT2D eigenvalue weighted by atomic mass is 9.97. The fourth-order valence-corrected chi connectivity index (χ4v) is 3.86. The number of nitrogens with one attached hydrogen (secondary N) is 1. The van der Waals surface area contributed by atoms with Gasteiger partial charge in [0, 0.05) is 35.0 Å². The normalized spacial score (nSPS) is 10.5. The smallest absolute Gasteiger partial charge is 0.335 e. The van der Waals surface area contributed by atoms with Crippen LogP contribution in [0.3, 0.4) is 0 Å². The molecule has 0 saturated heterocycles. The summed E-state index contributed by atoms with van der Waals surface area (Å²) >= 11 is 0. The summed E-state index contributed by atoms with van der Waals surface area (Å²) in [6.45, 7) is 0. The van der Waals surface area contributed by atoms with Crippen molar-refractivity contribution in [2.45, 2.75) is 6.42 Å². The zero-order valence-electron chi connectivity index (χ0n) is 20.2. The number of nitrogens with zero attached hydrogens (tertiary/aromatic N) is 2. The topological polar surface area (TPSA) is 163 Å². The van der Waals surface area contributed by atoms with Gasteiger partial charge in [-0.05, 0) is 59.7 Å².